The van der Waals surface area contributed by atoms with Crippen molar-refractivity contribution in [2.75, 3.05) is 6.61 Å². The lowest BCUT2D eigenvalue weighted by Gasteiger charge is -2.06. The summed E-state index contributed by atoms with van der Waals surface area (Å²) in [5.74, 6) is 0.0797. The highest BCUT2D eigenvalue weighted by atomic mass is 16.6. The molecule has 120 valence electrons. The van der Waals surface area contributed by atoms with Crippen LogP contribution in [0.25, 0.3) is 0 Å². The molecule has 0 amide bonds. The zero-order chi connectivity index (χ0) is 17.0. The highest BCUT2D eigenvalue weighted by Crippen LogP contribution is 2.18. The zero-order valence-corrected chi connectivity index (χ0v) is 13.0. The largest absolute Gasteiger partial charge is 0.484 e. The Morgan fingerprint density at radius 3 is 2.61 bits per heavy atom. The molecule has 0 N–H and O–H groups in total. The predicted octanol–water partition coefficient (Wildman–Crippen LogP) is 2.86. The van der Waals surface area contributed by atoms with E-state index < -0.39 is 4.92 Å². The lowest BCUT2D eigenvalue weighted by atomic mass is 10.1. The molecule has 1 aromatic heterocycles. The van der Waals surface area contributed by atoms with Gasteiger partial charge in [-0.3, -0.25) is 14.9 Å². The minimum Gasteiger partial charge on any atom is -0.484 e. The van der Waals surface area contributed by atoms with Gasteiger partial charge in [-0.25, -0.2) is 4.68 Å². The Bertz CT molecular complexity index is 747. The van der Waals surface area contributed by atoms with Crippen LogP contribution in [0.4, 0.5) is 5.69 Å². The number of nitrogens with zero attached hydrogens (tertiary/aromatic N) is 3. The standard InChI is InChI=1S/C16H17N3O4/c1-4-5-15-11(2)17-18(12(15)3)16(20)10-23-14-8-6-13(7-9-14)19(21)22/h4,6-9H,1,5,10H2,2-3H3. The van der Waals surface area contributed by atoms with E-state index in [0.717, 1.165) is 17.0 Å². The summed E-state index contributed by atoms with van der Waals surface area (Å²) >= 11 is 0. The van der Waals surface area contributed by atoms with E-state index in [1.54, 1.807) is 6.08 Å². The molecule has 0 atom stereocenters. The number of allylic oxidation sites excluding steroid dienone is 1. The lowest BCUT2D eigenvalue weighted by Crippen LogP contribution is -2.21. The van der Waals surface area contributed by atoms with Gasteiger partial charge in [-0.2, -0.15) is 5.10 Å². The van der Waals surface area contributed by atoms with E-state index in [-0.39, 0.29) is 18.2 Å². The molecule has 2 aromatic rings. The molecule has 0 fully saturated rings. The van der Waals surface area contributed by atoms with Gasteiger partial charge >= 0.3 is 0 Å². The second kappa shape index (κ2) is 6.87. The van der Waals surface area contributed by atoms with Crippen molar-refractivity contribution >= 4 is 11.6 Å². The van der Waals surface area contributed by atoms with Crippen molar-refractivity contribution < 1.29 is 14.5 Å². The second-order valence-corrected chi connectivity index (χ2v) is 4.99. The summed E-state index contributed by atoms with van der Waals surface area (Å²) in [7, 11) is 0. The first-order chi connectivity index (χ1) is 10.9. The number of benzene rings is 1. The van der Waals surface area contributed by atoms with Crippen molar-refractivity contribution in [3.05, 3.63) is 64.0 Å². The van der Waals surface area contributed by atoms with Crippen molar-refractivity contribution in [2.24, 2.45) is 0 Å². The average Bonchev–Trinajstić information content (AvgIpc) is 2.81. The van der Waals surface area contributed by atoms with Crippen LogP contribution in [-0.2, 0) is 6.42 Å². The number of non-ortho nitro benzene ring substituents is 1. The molecule has 0 unspecified atom stereocenters. The maximum atomic E-state index is 12.2. The summed E-state index contributed by atoms with van der Waals surface area (Å²) in [5, 5.41) is 14.8. The summed E-state index contributed by atoms with van der Waals surface area (Å²) in [4.78, 5) is 22.3. The van der Waals surface area contributed by atoms with Gasteiger partial charge in [0.05, 0.1) is 10.6 Å². The zero-order valence-electron chi connectivity index (χ0n) is 13.0. The molecule has 7 nitrogen and oxygen atoms in total. The van der Waals surface area contributed by atoms with Gasteiger partial charge < -0.3 is 4.74 Å². The van der Waals surface area contributed by atoms with Gasteiger partial charge in [0, 0.05) is 23.4 Å². The first-order valence-electron chi connectivity index (χ1n) is 7.00. The number of carbonyl (C=O) groups excluding carboxylic acids is 1. The highest BCUT2D eigenvalue weighted by Gasteiger charge is 2.16. The molecule has 1 aromatic carbocycles. The van der Waals surface area contributed by atoms with E-state index in [4.69, 9.17) is 4.74 Å². The first kappa shape index (κ1) is 16.4. The van der Waals surface area contributed by atoms with Gasteiger partial charge in [0.15, 0.2) is 6.61 Å². The maximum absolute atomic E-state index is 12.2. The molecule has 0 radical (unpaired) electrons. The van der Waals surface area contributed by atoms with Crippen LogP contribution in [0.5, 0.6) is 5.75 Å². The summed E-state index contributed by atoms with van der Waals surface area (Å²) in [6, 6.07) is 5.56. The molecule has 0 aliphatic rings. The summed E-state index contributed by atoms with van der Waals surface area (Å²) in [5.41, 5.74) is 2.49. The lowest BCUT2D eigenvalue weighted by molar-refractivity contribution is -0.384. The Morgan fingerprint density at radius 2 is 2.04 bits per heavy atom. The van der Waals surface area contributed by atoms with Crippen LogP contribution in [0, 0.1) is 24.0 Å². The fraction of sp³-hybridized carbons (Fsp3) is 0.250. The van der Waals surface area contributed by atoms with Crippen LogP contribution in [0.2, 0.25) is 0 Å². The molecule has 0 spiro atoms. The third-order valence-corrected chi connectivity index (χ3v) is 3.44. The van der Waals surface area contributed by atoms with Crippen molar-refractivity contribution in [2.45, 2.75) is 20.3 Å². The number of rotatable bonds is 6. The highest BCUT2D eigenvalue weighted by molar-refractivity contribution is 5.80. The molecular formula is C16H17N3O4. The van der Waals surface area contributed by atoms with Gasteiger partial charge in [-0.05, 0) is 32.4 Å². The van der Waals surface area contributed by atoms with E-state index in [2.05, 4.69) is 11.7 Å². The number of nitro benzene ring substituents is 1. The topological polar surface area (TPSA) is 87.3 Å². The van der Waals surface area contributed by atoms with E-state index in [1.165, 1.54) is 28.9 Å². The minimum absolute atomic E-state index is 0.0312. The van der Waals surface area contributed by atoms with E-state index in [0.29, 0.717) is 12.2 Å². The molecule has 0 saturated heterocycles. The normalized spacial score (nSPS) is 10.3. The number of hydrogen-bond donors (Lipinski definition) is 0. The minimum atomic E-state index is -0.494. The van der Waals surface area contributed by atoms with Gasteiger partial charge in [0.1, 0.15) is 5.75 Å². The van der Waals surface area contributed by atoms with Crippen molar-refractivity contribution in [1.82, 2.24) is 9.78 Å². The number of carbonyl (C=O) groups is 1. The van der Waals surface area contributed by atoms with Gasteiger partial charge in [0.2, 0.25) is 0 Å². The van der Waals surface area contributed by atoms with Gasteiger partial charge in [-0.1, -0.05) is 6.08 Å². The molecule has 0 bridgehead atoms. The summed E-state index contributed by atoms with van der Waals surface area (Å²) in [6.45, 7) is 7.15. The Balaban J connectivity index is 2.06. The van der Waals surface area contributed by atoms with Crippen molar-refractivity contribution in [3.8, 4) is 5.75 Å². The van der Waals surface area contributed by atoms with Crippen LogP contribution < -0.4 is 4.74 Å². The molecule has 7 heteroatoms. The SMILES string of the molecule is C=CCc1c(C)nn(C(=O)COc2ccc([N+](=O)[O-])cc2)c1C. The first-order valence-corrected chi connectivity index (χ1v) is 7.00. The molecule has 0 aliphatic heterocycles. The van der Waals surface area contributed by atoms with Crippen LogP contribution in [0.3, 0.4) is 0 Å². The molecule has 0 saturated carbocycles. The maximum Gasteiger partial charge on any atom is 0.284 e. The van der Waals surface area contributed by atoms with Crippen LogP contribution in [0.15, 0.2) is 36.9 Å². The molecule has 2 rings (SSSR count). The Kier molecular flexibility index (Phi) is 4.90. The molecule has 1 heterocycles. The number of aromatic nitrogens is 2. The average molecular weight is 315 g/mol. The quantitative estimate of drug-likeness (QED) is 0.464. The fourth-order valence-electron chi connectivity index (χ4n) is 2.23. The molecule has 23 heavy (non-hydrogen) atoms. The molecule has 0 aliphatic carbocycles. The summed E-state index contributed by atoms with van der Waals surface area (Å²) < 4.78 is 6.69. The van der Waals surface area contributed by atoms with Crippen LogP contribution >= 0.6 is 0 Å². The summed E-state index contributed by atoms with van der Waals surface area (Å²) in [6.07, 6.45) is 2.41. The number of aryl methyl sites for hydroxylation is 1. The number of nitro groups is 1. The van der Waals surface area contributed by atoms with Crippen LogP contribution in [0.1, 0.15) is 21.7 Å². The Hall–Kier alpha value is -2.96. The van der Waals surface area contributed by atoms with Crippen molar-refractivity contribution in [1.29, 1.82) is 0 Å². The second-order valence-electron chi connectivity index (χ2n) is 4.99. The Morgan fingerprint density at radius 1 is 1.39 bits per heavy atom. The monoisotopic (exact) mass is 315 g/mol. The van der Waals surface area contributed by atoms with E-state index in [1.807, 2.05) is 13.8 Å². The van der Waals surface area contributed by atoms with E-state index >= 15 is 0 Å². The smallest absolute Gasteiger partial charge is 0.284 e. The van der Waals surface area contributed by atoms with Crippen molar-refractivity contribution in [3.63, 3.8) is 0 Å². The fourth-order valence-corrected chi connectivity index (χ4v) is 2.23. The van der Waals surface area contributed by atoms with E-state index in [9.17, 15) is 14.9 Å². The Labute approximate surface area is 133 Å². The predicted molar refractivity (Wildman–Crippen MR) is 84.8 cm³/mol. The third-order valence-electron chi connectivity index (χ3n) is 3.44. The number of ether oxygens (including phenoxy) is 1. The van der Waals surface area contributed by atoms with Gasteiger partial charge in [0.25, 0.3) is 11.6 Å². The van der Waals surface area contributed by atoms with Gasteiger partial charge in [-0.15, -0.1) is 6.58 Å². The molecular weight excluding hydrogens is 298 g/mol. The third kappa shape index (κ3) is 3.63. The van der Waals surface area contributed by atoms with Crippen LogP contribution in [-0.4, -0.2) is 27.2 Å². The number of hydrogen-bond acceptors (Lipinski definition) is 5.